The van der Waals surface area contributed by atoms with Crippen molar-refractivity contribution >= 4 is 33.6 Å². The Kier molecular flexibility index (Phi) is 81.9. The molecule has 0 fully saturated rings. The molecule has 0 rings (SSSR count). The molecule has 0 aliphatic heterocycles. The lowest BCUT2D eigenvalue weighted by atomic mass is 10.0. The SMILES string of the molecule is CC/C=C\C/C=C\C/C=C\C/C=C\C/C=C\CCCCCCCCCCCCCCCCCC(=O)OCC(O)COP(=O)(O)OCC(O)COP(=O)(O)OCC(COC(=O)CCCCCCCCCCC/C=C\C/C=C\C/C=C\C/C=C\C/C=C\CC)OC(=O)CCCCCCC/C=C\C/C=C\C/C=C\C/C=C\C/C=C\CC. The minimum atomic E-state index is -4.95. The third kappa shape index (κ3) is 87.3. The van der Waals surface area contributed by atoms with E-state index in [4.69, 9.17) is 32.3 Å². The number of allylic oxidation sites excluding steroid dienone is 30. The molecular weight excluding hydrogens is 1460 g/mol. The Morgan fingerprint density at radius 2 is 0.442 bits per heavy atom. The van der Waals surface area contributed by atoms with Crippen molar-refractivity contribution in [3.8, 4) is 0 Å². The summed E-state index contributed by atoms with van der Waals surface area (Å²) in [6.45, 7) is 2.33. The van der Waals surface area contributed by atoms with E-state index >= 15 is 0 Å². The van der Waals surface area contributed by atoms with Gasteiger partial charge in [-0.15, -0.1) is 0 Å². The van der Waals surface area contributed by atoms with Gasteiger partial charge in [-0.2, -0.15) is 0 Å². The molecule has 0 heterocycles. The number of phosphoric ester groups is 2. The second-order valence-corrected chi connectivity index (χ2v) is 31.8. The predicted molar refractivity (Wildman–Crippen MR) is 472 cm³/mol. The van der Waals surface area contributed by atoms with Gasteiger partial charge < -0.3 is 34.2 Å². The van der Waals surface area contributed by atoms with Crippen LogP contribution in [0.1, 0.15) is 342 Å². The first-order chi connectivity index (χ1) is 55.2. The van der Waals surface area contributed by atoms with Crippen LogP contribution in [0, 0.1) is 0 Å². The zero-order valence-electron chi connectivity index (χ0n) is 70.7. The van der Waals surface area contributed by atoms with Gasteiger partial charge in [0.15, 0.2) is 6.10 Å². The van der Waals surface area contributed by atoms with E-state index in [9.17, 15) is 43.5 Å². The van der Waals surface area contributed by atoms with Crippen LogP contribution in [-0.2, 0) is 55.8 Å². The van der Waals surface area contributed by atoms with Crippen molar-refractivity contribution < 1.29 is 75.8 Å². The van der Waals surface area contributed by atoms with E-state index in [0.29, 0.717) is 19.3 Å². The maximum Gasteiger partial charge on any atom is 0.472 e. The van der Waals surface area contributed by atoms with Crippen LogP contribution in [0.25, 0.3) is 0 Å². The molecule has 5 atom stereocenters. The van der Waals surface area contributed by atoms with Crippen LogP contribution in [0.3, 0.4) is 0 Å². The van der Waals surface area contributed by atoms with E-state index in [1.807, 2.05) is 0 Å². The Morgan fingerprint density at radius 3 is 0.699 bits per heavy atom. The molecule has 16 nitrogen and oxygen atoms in total. The van der Waals surface area contributed by atoms with Gasteiger partial charge in [0.25, 0.3) is 0 Å². The number of phosphoric acid groups is 2. The lowest BCUT2D eigenvalue weighted by Gasteiger charge is -2.21. The summed E-state index contributed by atoms with van der Waals surface area (Å²) >= 11 is 0. The average Bonchev–Trinajstić information content (AvgIpc) is 0.900. The van der Waals surface area contributed by atoms with Crippen LogP contribution in [0.2, 0.25) is 0 Å². The van der Waals surface area contributed by atoms with Gasteiger partial charge in [-0.1, -0.05) is 351 Å². The lowest BCUT2D eigenvalue weighted by molar-refractivity contribution is -0.161. The Hall–Kier alpha value is -5.35. The third-order valence-corrected chi connectivity index (χ3v) is 20.0. The van der Waals surface area contributed by atoms with E-state index in [-0.39, 0.29) is 19.3 Å². The summed E-state index contributed by atoms with van der Waals surface area (Å²) in [5, 5.41) is 20.7. The molecule has 0 amide bonds. The molecule has 0 aliphatic rings. The Morgan fingerprint density at radius 1 is 0.248 bits per heavy atom. The lowest BCUT2D eigenvalue weighted by Crippen LogP contribution is -2.30. The zero-order chi connectivity index (χ0) is 82.2. The first-order valence-corrected chi connectivity index (χ1v) is 47.1. The van der Waals surface area contributed by atoms with Crippen LogP contribution in [-0.4, -0.2) is 95.9 Å². The van der Waals surface area contributed by atoms with Gasteiger partial charge in [-0.25, -0.2) is 9.13 Å². The minimum absolute atomic E-state index is 0.0751. The second kappa shape index (κ2) is 86.0. The zero-order valence-corrected chi connectivity index (χ0v) is 72.5. The van der Waals surface area contributed by atoms with E-state index in [1.54, 1.807) is 0 Å². The molecule has 18 heteroatoms. The largest absolute Gasteiger partial charge is 0.472 e. The van der Waals surface area contributed by atoms with Crippen molar-refractivity contribution in [2.24, 2.45) is 0 Å². The fourth-order valence-corrected chi connectivity index (χ4v) is 13.1. The van der Waals surface area contributed by atoms with Gasteiger partial charge >= 0.3 is 33.6 Å². The minimum Gasteiger partial charge on any atom is -0.463 e. The number of esters is 3. The molecule has 113 heavy (non-hydrogen) atoms. The van der Waals surface area contributed by atoms with E-state index in [0.717, 1.165) is 180 Å². The molecule has 0 aliphatic carbocycles. The number of hydrogen-bond donors (Lipinski definition) is 4. The first-order valence-electron chi connectivity index (χ1n) is 44.1. The maximum absolute atomic E-state index is 13.0. The molecule has 0 aromatic rings. The van der Waals surface area contributed by atoms with Gasteiger partial charge in [0.1, 0.15) is 25.4 Å². The monoisotopic (exact) mass is 1620 g/mol. The normalized spacial score (nSPS) is 14.7. The predicted octanol–water partition coefficient (Wildman–Crippen LogP) is 26.9. The number of aliphatic hydroxyl groups is 2. The summed E-state index contributed by atoms with van der Waals surface area (Å²) in [5.74, 6) is -1.60. The summed E-state index contributed by atoms with van der Waals surface area (Å²) in [6.07, 6.45) is 112. The molecule has 0 radical (unpaired) electrons. The van der Waals surface area contributed by atoms with E-state index < -0.39 is 91.5 Å². The highest BCUT2D eigenvalue weighted by Crippen LogP contribution is 2.45. The number of aliphatic hydroxyl groups excluding tert-OH is 2. The molecule has 0 bridgehead atoms. The van der Waals surface area contributed by atoms with Crippen molar-refractivity contribution in [3.05, 3.63) is 182 Å². The van der Waals surface area contributed by atoms with Crippen molar-refractivity contribution in [1.82, 2.24) is 0 Å². The smallest absolute Gasteiger partial charge is 0.463 e. The summed E-state index contributed by atoms with van der Waals surface area (Å²) in [4.78, 5) is 58.9. The van der Waals surface area contributed by atoms with Gasteiger partial charge in [-0.3, -0.25) is 32.5 Å². The van der Waals surface area contributed by atoms with Crippen molar-refractivity contribution in [2.45, 2.75) is 360 Å². The molecule has 0 aromatic carbocycles. The van der Waals surface area contributed by atoms with Gasteiger partial charge in [0.2, 0.25) is 0 Å². The fraction of sp³-hybridized carbons (Fsp3) is 0.653. The number of ether oxygens (including phenoxy) is 3. The highest BCUT2D eigenvalue weighted by molar-refractivity contribution is 7.47. The Labute approximate surface area is 687 Å². The summed E-state index contributed by atoms with van der Waals surface area (Å²) in [7, 11) is -9.82. The number of hydrogen-bond acceptors (Lipinski definition) is 14. The van der Waals surface area contributed by atoms with Crippen LogP contribution >= 0.6 is 15.6 Å². The molecule has 5 unspecified atom stereocenters. The molecule has 0 aromatic heterocycles. The standard InChI is InChI=1S/C95H158O16P2/c1-4-7-10-13-16-19-22-25-28-31-34-37-39-41-42-43-44-45-46-48-50-52-54-57-60-63-66-69-72-75-78-81-93(98)105-84-90(96)85-107-112(101,102)108-86-91(97)87-109-113(103,104)110-89-92(111-95(100)83-80-77-74-71-68-65-62-59-56-51-36-33-30-27-24-21-18-15-12-9-6-3)88-106-94(99)82-79-76-73-70-67-64-61-58-55-53-49-47-40-38-35-32-29-26-23-20-17-14-11-8-5-2/h7-12,16-21,25-30,34-38,41-42,47,49,51,59,62,90-92,96-97H,4-6,13-15,22-24,31-33,39-40,43-46,48,50,52-58,60-61,63-89H2,1-3H3,(H,101,102)(H,103,104)/b10-7-,11-8-,12-9-,19-16-,20-17-,21-18-,28-25-,29-26-,30-27-,37-34-,38-35-,42-41-,49-47-,51-36-,62-59-. The van der Waals surface area contributed by atoms with Crippen LogP contribution in [0.4, 0.5) is 0 Å². The fourth-order valence-electron chi connectivity index (χ4n) is 11.5. The topological polar surface area (TPSA) is 231 Å². The average molecular weight is 1620 g/mol. The van der Waals surface area contributed by atoms with Crippen LogP contribution in [0.15, 0.2) is 182 Å². The number of rotatable bonds is 82. The molecule has 0 saturated carbocycles. The second-order valence-electron chi connectivity index (χ2n) is 28.9. The van der Waals surface area contributed by atoms with Crippen molar-refractivity contribution in [3.63, 3.8) is 0 Å². The molecule has 4 N–H and O–H groups in total. The summed E-state index contributed by atoms with van der Waals surface area (Å²) < 4.78 is 61.4. The van der Waals surface area contributed by atoms with Gasteiger partial charge in [-0.05, 0) is 154 Å². The van der Waals surface area contributed by atoms with Crippen molar-refractivity contribution in [2.75, 3.05) is 39.6 Å². The number of carbonyl (C=O) groups is 3. The number of unbranched alkanes of at least 4 members (excludes halogenated alkanes) is 29. The molecule has 0 saturated heterocycles. The van der Waals surface area contributed by atoms with Crippen LogP contribution in [0.5, 0.6) is 0 Å². The molecule has 0 spiro atoms. The Balaban J connectivity index is 4.61. The van der Waals surface area contributed by atoms with Gasteiger partial charge in [0.05, 0.1) is 26.4 Å². The summed E-state index contributed by atoms with van der Waals surface area (Å²) in [6, 6.07) is 0. The van der Waals surface area contributed by atoms with Crippen molar-refractivity contribution in [1.29, 1.82) is 0 Å². The van der Waals surface area contributed by atoms with E-state index in [2.05, 4.69) is 203 Å². The van der Waals surface area contributed by atoms with Gasteiger partial charge in [0, 0.05) is 19.3 Å². The quantitative estimate of drug-likeness (QED) is 0.0146. The molecular formula is C95H158O16P2. The highest BCUT2D eigenvalue weighted by Gasteiger charge is 2.29. The first kappa shape index (κ1) is 108. The van der Waals surface area contributed by atoms with E-state index in [1.165, 1.54) is 103 Å². The summed E-state index contributed by atoms with van der Waals surface area (Å²) in [5.41, 5.74) is 0. The number of carbonyl (C=O) groups excluding carboxylic acids is 3. The highest BCUT2D eigenvalue weighted by atomic mass is 31.2. The third-order valence-electron chi connectivity index (χ3n) is 18.1. The van der Waals surface area contributed by atoms with Crippen LogP contribution < -0.4 is 0 Å². The molecule has 644 valence electrons. The Bertz CT molecular complexity index is 2780. The maximum atomic E-state index is 13.0.